The van der Waals surface area contributed by atoms with Crippen LogP contribution in [-0.2, 0) is 33.8 Å². The predicted octanol–water partition coefficient (Wildman–Crippen LogP) is 10.2. The summed E-state index contributed by atoms with van der Waals surface area (Å²) in [6.07, 6.45) is 0.198. The number of thiophene rings is 1. The minimum absolute atomic E-state index is 0.000360. The SMILES string of the molecule is Cc1ncsc1-c1ccc(CNC(=O)[C@@H]2C[C@@H](O)CN2C(=O)[C@@H](NC(=O)c2ccc3c(c2)CCc2cc(NC(=O)C[C@@H]4N=C(c5ccc(Cl)cc5)c5c(sc(C)c5C)-n5c(C)nnc54)ccc2/N=N\3)C(C)(C)C)cc1. The molecule has 3 aromatic heterocycles. The van der Waals surface area contributed by atoms with Crippen molar-refractivity contribution in [1.29, 1.82) is 0 Å². The van der Waals surface area contributed by atoms with Crippen LogP contribution in [0.5, 0.6) is 0 Å². The van der Waals surface area contributed by atoms with Crippen LogP contribution in [0.1, 0.15) is 106 Å². The minimum atomic E-state index is -1.03. The highest BCUT2D eigenvalue weighted by Gasteiger charge is 2.45. The molecule has 0 spiro atoms. The van der Waals surface area contributed by atoms with E-state index in [0.717, 1.165) is 65.1 Å². The number of nitrogens with zero attached hydrogens (tertiary/aromatic N) is 8. The standard InChI is InChI=1S/C56H56ClN11O5S2/c1-29-31(3)75-55-47(29)48(34-14-17-39(57)18-15-34)61-44(51-66-63-32(4)68(51)55)25-46(70)60-40-19-21-43-37(23-40)13-12-36-22-38(16-20-42(36)64-65-43)52(71)62-50(56(5,6)7)54(73)67-27-41(69)24-45(67)53(72)58-26-33-8-10-35(11-9-33)49-30(2)59-28-74-49/h8-11,14-23,28,41,44-45,50,69H,12-13,24-27H2,1-7H3,(H,58,72)(H,60,70)(H,62,71)/b65-64-/t41-,44+,45+,50-/m1/s1. The Morgan fingerprint density at radius 1 is 0.867 bits per heavy atom. The van der Waals surface area contributed by atoms with Gasteiger partial charge < -0.3 is 26.0 Å². The van der Waals surface area contributed by atoms with Crippen molar-refractivity contribution in [1.82, 2.24) is 35.3 Å². The van der Waals surface area contributed by atoms with Crippen molar-refractivity contribution in [3.8, 4) is 15.4 Å². The second-order valence-electron chi connectivity index (χ2n) is 20.4. The van der Waals surface area contributed by atoms with E-state index in [2.05, 4.69) is 55.2 Å². The van der Waals surface area contributed by atoms with E-state index in [-0.39, 0.29) is 37.7 Å². The van der Waals surface area contributed by atoms with Crippen molar-refractivity contribution < 1.29 is 24.3 Å². The Kier molecular flexibility index (Phi) is 14.2. The van der Waals surface area contributed by atoms with Gasteiger partial charge in [-0.2, -0.15) is 10.2 Å². The summed E-state index contributed by atoms with van der Waals surface area (Å²) in [6.45, 7) is 13.8. The summed E-state index contributed by atoms with van der Waals surface area (Å²) in [5.74, 6) is -0.289. The molecule has 0 unspecified atom stereocenters. The number of β-amino-alcohol motifs (C(OH)–C–C–N with tert-alkyl or cyclic N) is 1. The molecule has 1 saturated heterocycles. The van der Waals surface area contributed by atoms with Crippen LogP contribution in [0.2, 0.25) is 5.02 Å². The molecule has 4 aromatic carbocycles. The molecule has 4 atom stereocenters. The number of benzene rings is 4. The molecule has 16 nitrogen and oxygen atoms in total. The number of hydrogen-bond acceptors (Lipinski definition) is 13. The zero-order valence-electron chi connectivity index (χ0n) is 42.6. The quantitative estimate of drug-likeness (QED) is 0.0978. The second-order valence-corrected chi connectivity index (χ2v) is 22.9. The minimum Gasteiger partial charge on any atom is -0.391 e. The van der Waals surface area contributed by atoms with Crippen LogP contribution in [0.25, 0.3) is 15.4 Å². The first-order valence-electron chi connectivity index (χ1n) is 24.8. The van der Waals surface area contributed by atoms with Crippen molar-refractivity contribution in [2.75, 3.05) is 11.9 Å². The van der Waals surface area contributed by atoms with Crippen LogP contribution in [0, 0.1) is 33.1 Å². The number of aliphatic hydroxyl groups is 1. The molecule has 0 radical (unpaired) electrons. The zero-order chi connectivity index (χ0) is 52.9. The Hall–Kier alpha value is -7.25. The molecule has 384 valence electrons. The smallest absolute Gasteiger partial charge is 0.251 e. The normalized spacial score (nSPS) is 17.7. The van der Waals surface area contributed by atoms with Crippen LogP contribution in [0.3, 0.4) is 0 Å². The van der Waals surface area contributed by atoms with E-state index in [0.29, 0.717) is 52.1 Å². The molecule has 3 aliphatic heterocycles. The fourth-order valence-electron chi connectivity index (χ4n) is 9.88. The Morgan fingerprint density at radius 2 is 1.56 bits per heavy atom. The number of thiazole rings is 1. The molecule has 0 saturated carbocycles. The third-order valence-corrected chi connectivity index (χ3v) is 16.5. The molecule has 0 bridgehead atoms. The lowest BCUT2D eigenvalue weighted by molar-refractivity contribution is -0.142. The molecule has 6 heterocycles. The van der Waals surface area contributed by atoms with Gasteiger partial charge in [0.25, 0.3) is 5.91 Å². The number of carbonyl (C=O) groups excluding carboxylic acids is 4. The second kappa shape index (κ2) is 20.8. The van der Waals surface area contributed by atoms with Crippen molar-refractivity contribution in [2.45, 2.75) is 105 Å². The van der Waals surface area contributed by atoms with E-state index < -0.39 is 41.5 Å². The van der Waals surface area contributed by atoms with Gasteiger partial charge in [0.2, 0.25) is 17.7 Å². The average Bonchev–Trinajstić information content (AvgIpc) is 4.16. The van der Waals surface area contributed by atoms with Gasteiger partial charge in [-0.25, -0.2) is 4.98 Å². The Bertz CT molecular complexity index is 3450. The van der Waals surface area contributed by atoms with Crippen molar-refractivity contribution >= 4 is 80.7 Å². The molecule has 4 amide bonds. The van der Waals surface area contributed by atoms with Crippen LogP contribution in [-0.4, -0.2) is 83.8 Å². The summed E-state index contributed by atoms with van der Waals surface area (Å²) in [4.78, 5) is 69.5. The number of halogens is 1. The largest absolute Gasteiger partial charge is 0.391 e. The first-order chi connectivity index (χ1) is 35.9. The Labute approximate surface area is 447 Å². The Balaban J connectivity index is 0.807. The number of hydrogen-bond donors (Lipinski definition) is 4. The Morgan fingerprint density at radius 3 is 2.25 bits per heavy atom. The molecular weight excluding hydrogens is 1010 g/mol. The molecule has 10 rings (SSSR count). The third kappa shape index (κ3) is 10.6. The van der Waals surface area contributed by atoms with Crippen LogP contribution >= 0.6 is 34.3 Å². The summed E-state index contributed by atoms with van der Waals surface area (Å²) in [5.41, 5.74) is 11.5. The van der Waals surface area contributed by atoms with E-state index >= 15 is 0 Å². The van der Waals surface area contributed by atoms with Gasteiger partial charge >= 0.3 is 0 Å². The maximum Gasteiger partial charge on any atom is 0.251 e. The first-order valence-corrected chi connectivity index (χ1v) is 26.9. The molecular formula is C56H56ClN11O5S2. The molecule has 19 heteroatoms. The number of amides is 4. The molecule has 4 N–H and O–H groups in total. The van der Waals surface area contributed by atoms with Gasteiger partial charge in [-0.15, -0.1) is 32.9 Å². The fraction of sp³-hybridized carbons (Fsp3) is 0.321. The van der Waals surface area contributed by atoms with Crippen LogP contribution < -0.4 is 16.0 Å². The maximum atomic E-state index is 14.4. The van der Waals surface area contributed by atoms with E-state index in [1.807, 2.05) is 105 Å². The van der Waals surface area contributed by atoms with Gasteiger partial charge in [0, 0.05) is 51.8 Å². The monoisotopic (exact) mass is 1060 g/mol. The number of aliphatic imine (C=N–C) groups is 1. The number of fused-ring (bicyclic) bond motifs is 5. The topological polar surface area (TPSA) is 209 Å². The number of aryl methyl sites for hydroxylation is 5. The number of carbonyl (C=O) groups is 4. The summed E-state index contributed by atoms with van der Waals surface area (Å²) < 4.78 is 2.02. The lowest BCUT2D eigenvalue weighted by Crippen LogP contribution is -2.57. The highest BCUT2D eigenvalue weighted by atomic mass is 35.5. The van der Waals surface area contributed by atoms with E-state index in [4.69, 9.17) is 16.6 Å². The van der Waals surface area contributed by atoms with Crippen molar-refractivity contribution in [3.63, 3.8) is 0 Å². The lowest BCUT2D eigenvalue weighted by Gasteiger charge is -2.35. The fourth-order valence-corrected chi connectivity index (χ4v) is 12.0. The number of anilines is 1. The number of aliphatic hydroxyl groups excluding tert-OH is 1. The highest BCUT2D eigenvalue weighted by molar-refractivity contribution is 7.15. The summed E-state index contributed by atoms with van der Waals surface area (Å²) in [5, 5.41) is 39.5. The third-order valence-electron chi connectivity index (χ3n) is 14.1. The average molecular weight is 1060 g/mol. The van der Waals surface area contributed by atoms with Gasteiger partial charge in [0.15, 0.2) is 5.82 Å². The molecule has 3 aliphatic rings. The summed E-state index contributed by atoms with van der Waals surface area (Å²) in [6, 6.07) is 23.5. The van der Waals surface area contributed by atoms with Gasteiger partial charge in [-0.1, -0.05) is 68.8 Å². The number of likely N-dealkylation sites (tertiary alicyclic amines) is 1. The van der Waals surface area contributed by atoms with Gasteiger partial charge in [-0.05, 0) is 122 Å². The van der Waals surface area contributed by atoms with Crippen molar-refractivity contribution in [3.05, 3.63) is 157 Å². The molecule has 1 fully saturated rings. The number of rotatable bonds is 11. The lowest BCUT2D eigenvalue weighted by atomic mass is 9.85. The van der Waals surface area contributed by atoms with E-state index in [1.165, 1.54) is 4.90 Å². The van der Waals surface area contributed by atoms with Gasteiger partial charge in [-0.3, -0.25) is 28.7 Å². The van der Waals surface area contributed by atoms with Crippen LogP contribution in [0.15, 0.2) is 106 Å². The van der Waals surface area contributed by atoms with Crippen molar-refractivity contribution in [2.24, 2.45) is 20.6 Å². The highest BCUT2D eigenvalue weighted by Crippen LogP contribution is 2.40. The van der Waals surface area contributed by atoms with E-state index in [9.17, 15) is 24.3 Å². The molecule has 75 heavy (non-hydrogen) atoms. The van der Waals surface area contributed by atoms with E-state index in [1.54, 1.807) is 46.9 Å². The molecule has 7 aromatic rings. The number of azo groups is 1. The van der Waals surface area contributed by atoms with Gasteiger partial charge in [0.1, 0.15) is 29.0 Å². The number of nitrogens with one attached hydrogen (secondary N) is 3. The van der Waals surface area contributed by atoms with Gasteiger partial charge in [0.05, 0.1) is 45.7 Å². The zero-order valence-corrected chi connectivity index (χ0v) is 45.0. The number of aromatic nitrogens is 4. The summed E-state index contributed by atoms with van der Waals surface area (Å²) >= 11 is 9.52. The predicted molar refractivity (Wildman–Crippen MR) is 292 cm³/mol. The first kappa shape index (κ1) is 51.2. The maximum absolute atomic E-state index is 14.4. The summed E-state index contributed by atoms with van der Waals surface area (Å²) in [7, 11) is 0. The molecule has 0 aliphatic carbocycles. The van der Waals surface area contributed by atoms with Crippen LogP contribution in [0.4, 0.5) is 17.1 Å².